The maximum absolute atomic E-state index is 14.6. The molecular weight excluding hydrogens is 686 g/mol. The number of rotatable bonds is 13. The van der Waals surface area contributed by atoms with E-state index in [4.69, 9.17) is 0 Å². The van der Waals surface area contributed by atoms with Crippen LogP contribution < -0.4 is 20.9 Å². The van der Waals surface area contributed by atoms with Gasteiger partial charge in [-0.25, -0.2) is 4.39 Å². The maximum atomic E-state index is 14.6. The van der Waals surface area contributed by atoms with Crippen molar-refractivity contribution in [3.05, 3.63) is 94.3 Å². The minimum absolute atomic E-state index is 0.100. The summed E-state index contributed by atoms with van der Waals surface area (Å²) in [4.78, 5) is 58.9. The Morgan fingerprint density at radius 3 is 2.35 bits per heavy atom. The first-order valence-electron chi connectivity index (χ1n) is 19.4. The Kier molecular flexibility index (Phi) is 11.4. The Bertz CT molecular complexity index is 1860. The van der Waals surface area contributed by atoms with Crippen LogP contribution in [-0.2, 0) is 16.1 Å². The number of nitrogens with zero attached hydrogens (tertiary/aromatic N) is 4. The molecule has 4 aliphatic heterocycles. The summed E-state index contributed by atoms with van der Waals surface area (Å²) in [7, 11) is 4.26. The van der Waals surface area contributed by atoms with Gasteiger partial charge in [-0.15, -0.1) is 0 Å². The molecule has 3 N–H and O–H groups in total. The normalized spacial score (nSPS) is 22.4. The predicted molar refractivity (Wildman–Crippen MR) is 207 cm³/mol. The number of hydrogen-bond acceptors (Lipinski definition) is 9. The lowest BCUT2D eigenvalue weighted by Crippen LogP contribution is -2.54. The van der Waals surface area contributed by atoms with E-state index in [1.165, 1.54) is 5.56 Å². The lowest BCUT2D eigenvalue weighted by Gasteiger charge is -2.34. The summed E-state index contributed by atoms with van der Waals surface area (Å²) < 4.78 is 14.6. The molecule has 286 valence electrons. The van der Waals surface area contributed by atoms with Crippen LogP contribution in [0.4, 0.5) is 15.8 Å². The summed E-state index contributed by atoms with van der Waals surface area (Å²) >= 11 is 0. The minimum atomic E-state index is -0.966. The van der Waals surface area contributed by atoms with Crippen molar-refractivity contribution in [2.45, 2.75) is 63.6 Å². The lowest BCUT2D eigenvalue weighted by atomic mass is 9.92. The molecule has 0 saturated carbocycles. The topological polar surface area (TPSA) is 117 Å². The number of likely N-dealkylation sites (tertiary alicyclic amines) is 1. The first-order valence-corrected chi connectivity index (χ1v) is 19.4. The van der Waals surface area contributed by atoms with Gasteiger partial charge in [0.05, 0.1) is 16.8 Å². The Labute approximate surface area is 317 Å². The SMILES string of the molecule is Cc1cccc(F)c1CN1CC(N(C)C)[C@@H](c2ccc(NCCNCCC3CCN(c4cccc5c4C(=O)N(C4CCC(=O)NC4=O)C5=O)CC3)cc2)C1. The number of benzene rings is 3. The summed E-state index contributed by atoms with van der Waals surface area (Å²) in [6, 6.07) is 18.8. The zero-order valence-corrected chi connectivity index (χ0v) is 31.6. The molecule has 3 saturated heterocycles. The van der Waals surface area contributed by atoms with E-state index in [0.29, 0.717) is 35.5 Å². The van der Waals surface area contributed by atoms with Crippen LogP contribution in [0.2, 0.25) is 0 Å². The zero-order chi connectivity index (χ0) is 37.9. The number of fused-ring (bicyclic) bond motifs is 1. The second-order valence-electron chi connectivity index (χ2n) is 15.5. The van der Waals surface area contributed by atoms with Crippen molar-refractivity contribution in [3.8, 4) is 0 Å². The van der Waals surface area contributed by atoms with Crippen LogP contribution in [0.5, 0.6) is 0 Å². The largest absolute Gasteiger partial charge is 0.384 e. The number of likely N-dealkylation sites (N-methyl/N-ethyl adjacent to an activating group) is 1. The fourth-order valence-electron chi connectivity index (χ4n) is 8.73. The summed E-state index contributed by atoms with van der Waals surface area (Å²) in [5, 5.41) is 9.39. The molecule has 11 nitrogen and oxygen atoms in total. The van der Waals surface area contributed by atoms with Crippen LogP contribution in [-0.4, -0.2) is 110 Å². The zero-order valence-electron chi connectivity index (χ0n) is 31.6. The van der Waals surface area contributed by atoms with Crippen molar-refractivity contribution >= 4 is 35.0 Å². The summed E-state index contributed by atoms with van der Waals surface area (Å²) in [5.74, 6) is -1.11. The van der Waals surface area contributed by atoms with Crippen molar-refractivity contribution in [2.24, 2.45) is 5.92 Å². The first kappa shape index (κ1) is 37.7. The van der Waals surface area contributed by atoms with Crippen LogP contribution in [0.25, 0.3) is 0 Å². The highest BCUT2D eigenvalue weighted by atomic mass is 19.1. The number of imide groups is 2. The second-order valence-corrected chi connectivity index (χ2v) is 15.5. The van der Waals surface area contributed by atoms with E-state index < -0.39 is 23.8 Å². The molecule has 0 bridgehead atoms. The molecule has 3 aromatic carbocycles. The van der Waals surface area contributed by atoms with Crippen molar-refractivity contribution in [1.29, 1.82) is 0 Å². The third kappa shape index (κ3) is 7.92. The van der Waals surface area contributed by atoms with Gasteiger partial charge in [-0.1, -0.05) is 30.3 Å². The molecule has 0 aliphatic carbocycles. The maximum Gasteiger partial charge on any atom is 0.264 e. The van der Waals surface area contributed by atoms with Crippen molar-refractivity contribution in [2.75, 3.05) is 70.1 Å². The summed E-state index contributed by atoms with van der Waals surface area (Å²) in [6.07, 6.45) is 3.30. The van der Waals surface area contributed by atoms with Crippen molar-refractivity contribution in [1.82, 2.24) is 25.3 Å². The Hall–Kier alpha value is -4.65. The van der Waals surface area contributed by atoms with Gasteiger partial charge in [0, 0.05) is 75.4 Å². The van der Waals surface area contributed by atoms with Gasteiger partial charge in [0.15, 0.2) is 0 Å². The number of aryl methyl sites for hydroxylation is 1. The van der Waals surface area contributed by atoms with Gasteiger partial charge in [0.2, 0.25) is 11.8 Å². The smallest absolute Gasteiger partial charge is 0.264 e. The minimum Gasteiger partial charge on any atom is -0.384 e. The molecule has 3 atom stereocenters. The number of carbonyl (C=O) groups excluding carboxylic acids is 4. The van der Waals surface area contributed by atoms with Crippen LogP contribution in [0, 0.1) is 18.7 Å². The van der Waals surface area contributed by atoms with E-state index >= 15 is 0 Å². The monoisotopic (exact) mass is 737 g/mol. The highest BCUT2D eigenvalue weighted by molar-refractivity contribution is 6.25. The van der Waals surface area contributed by atoms with E-state index in [1.807, 2.05) is 19.1 Å². The number of amides is 4. The Balaban J connectivity index is 0.832. The molecule has 2 unspecified atom stereocenters. The van der Waals surface area contributed by atoms with Crippen LogP contribution in [0.15, 0.2) is 60.7 Å². The number of piperidine rings is 2. The Morgan fingerprint density at radius 2 is 1.63 bits per heavy atom. The third-order valence-corrected chi connectivity index (χ3v) is 11.9. The molecular formula is C42H52FN7O4. The van der Waals surface area contributed by atoms with Gasteiger partial charge < -0.3 is 20.4 Å². The number of halogens is 1. The lowest BCUT2D eigenvalue weighted by molar-refractivity contribution is -0.136. The molecule has 4 heterocycles. The van der Waals surface area contributed by atoms with E-state index in [2.05, 4.69) is 69.0 Å². The number of nitrogens with one attached hydrogen (secondary N) is 3. The molecule has 12 heteroatoms. The van der Waals surface area contributed by atoms with Gasteiger partial charge in [0.1, 0.15) is 11.9 Å². The average molecular weight is 738 g/mol. The highest BCUT2D eigenvalue weighted by Crippen LogP contribution is 2.36. The van der Waals surface area contributed by atoms with E-state index in [-0.39, 0.29) is 24.6 Å². The average Bonchev–Trinajstić information content (AvgIpc) is 3.70. The van der Waals surface area contributed by atoms with Crippen molar-refractivity contribution < 1.29 is 23.6 Å². The standard InChI is InChI=1S/C42H52FN7O4/c1-27-6-4-8-34(43)32(27)24-48-25-33(37(26-48)47(2)3)29-10-12-30(13-11-29)45-21-20-44-19-16-28-17-22-49(23-18-28)35-9-5-7-31-39(35)42(54)50(41(31)53)36-14-15-38(51)46-40(36)52/h4-13,28,33,36-37,44-45H,14-26H2,1-3H3,(H,46,51,52)/t33-,36?,37?/m1/s1. The quantitative estimate of drug-likeness (QED) is 0.174. The van der Waals surface area contributed by atoms with Gasteiger partial charge in [-0.2, -0.15) is 0 Å². The number of carbonyl (C=O) groups is 4. The van der Waals surface area contributed by atoms with Gasteiger partial charge in [-0.05, 0) is 101 Å². The van der Waals surface area contributed by atoms with Crippen molar-refractivity contribution in [3.63, 3.8) is 0 Å². The molecule has 4 amide bonds. The second kappa shape index (κ2) is 16.4. The molecule has 0 aromatic heterocycles. The Morgan fingerprint density at radius 1 is 0.870 bits per heavy atom. The number of hydrogen-bond donors (Lipinski definition) is 3. The van der Waals surface area contributed by atoms with E-state index in [1.54, 1.807) is 24.3 Å². The fraction of sp³-hybridized carbons (Fsp3) is 0.476. The summed E-state index contributed by atoms with van der Waals surface area (Å²) in [5.41, 5.74) is 5.63. The molecule has 4 aliphatic rings. The predicted octanol–water partition coefficient (Wildman–Crippen LogP) is 4.37. The molecule has 7 rings (SSSR count). The summed E-state index contributed by atoms with van der Waals surface area (Å²) in [6.45, 7) is 8.59. The fourth-order valence-corrected chi connectivity index (χ4v) is 8.73. The molecule has 3 aromatic rings. The number of anilines is 2. The van der Waals surface area contributed by atoms with E-state index in [9.17, 15) is 23.6 Å². The van der Waals surface area contributed by atoms with Gasteiger partial charge >= 0.3 is 0 Å². The third-order valence-electron chi connectivity index (χ3n) is 11.9. The molecule has 0 radical (unpaired) electrons. The van der Waals surface area contributed by atoms with E-state index in [0.717, 1.165) is 92.5 Å². The first-order chi connectivity index (χ1) is 26.1. The van der Waals surface area contributed by atoms with Crippen LogP contribution in [0.3, 0.4) is 0 Å². The molecule has 54 heavy (non-hydrogen) atoms. The highest BCUT2D eigenvalue weighted by Gasteiger charge is 2.46. The van der Waals surface area contributed by atoms with Gasteiger partial charge in [-0.3, -0.25) is 34.3 Å². The van der Waals surface area contributed by atoms with Crippen LogP contribution >= 0.6 is 0 Å². The molecule has 3 fully saturated rings. The molecule has 0 spiro atoms. The van der Waals surface area contributed by atoms with Crippen LogP contribution in [0.1, 0.15) is 75.4 Å². The van der Waals surface area contributed by atoms with Gasteiger partial charge in [0.25, 0.3) is 11.8 Å².